The van der Waals surface area contributed by atoms with Crippen LogP contribution in [-0.4, -0.2) is 35.4 Å². The number of phenols is 1. The van der Waals surface area contributed by atoms with Crippen molar-refractivity contribution >= 4 is 23.7 Å². The minimum atomic E-state index is -0.893. The number of aromatic hydroxyl groups is 1. The van der Waals surface area contributed by atoms with Gasteiger partial charge in [-0.3, -0.25) is 14.4 Å². The molecule has 0 aliphatic carbocycles. The number of carbonyl (C=O) groups is 4. The lowest BCUT2D eigenvalue weighted by Gasteiger charge is -2.16. The molecule has 0 atom stereocenters. The maximum Gasteiger partial charge on any atom is 0.339 e. The Morgan fingerprint density at radius 1 is 1.00 bits per heavy atom. The van der Waals surface area contributed by atoms with E-state index in [0.717, 1.165) is 26.8 Å². The zero-order chi connectivity index (χ0) is 17.7. The highest BCUT2D eigenvalue weighted by molar-refractivity contribution is 6.09. The summed E-state index contributed by atoms with van der Waals surface area (Å²) in [6.07, 6.45) is 0. The van der Waals surface area contributed by atoms with E-state index in [-0.39, 0.29) is 17.7 Å². The predicted molar refractivity (Wildman–Crippen MR) is 76.7 cm³/mol. The van der Waals surface area contributed by atoms with Gasteiger partial charge in [0.1, 0.15) is 0 Å². The molecule has 1 aromatic carbocycles. The highest BCUT2D eigenvalue weighted by Gasteiger charge is 2.29. The maximum absolute atomic E-state index is 12.0. The number of phenolic OH excluding ortho intramolecular Hbond substituents is 1. The van der Waals surface area contributed by atoms with Gasteiger partial charge in [0, 0.05) is 13.8 Å². The Balaban J connectivity index is 3.72. The summed E-state index contributed by atoms with van der Waals surface area (Å²) in [5.74, 6) is -4.86. The summed E-state index contributed by atoms with van der Waals surface area (Å²) >= 11 is 0. The molecule has 0 aliphatic heterocycles. The van der Waals surface area contributed by atoms with Gasteiger partial charge in [0.15, 0.2) is 17.3 Å². The summed E-state index contributed by atoms with van der Waals surface area (Å²) in [5.41, 5.74) is -0.628. The number of hydrogen-bond acceptors (Lipinski definition) is 8. The molecule has 124 valence electrons. The first-order chi connectivity index (χ1) is 10.7. The summed E-state index contributed by atoms with van der Waals surface area (Å²) in [6, 6.07) is 0.917. The monoisotopic (exact) mass is 324 g/mol. The van der Waals surface area contributed by atoms with Crippen LogP contribution in [0.25, 0.3) is 0 Å². The second kappa shape index (κ2) is 7.39. The van der Waals surface area contributed by atoms with Crippen molar-refractivity contribution in [3.63, 3.8) is 0 Å². The molecule has 0 radical (unpaired) electrons. The molecule has 8 nitrogen and oxygen atoms in total. The fourth-order valence-corrected chi connectivity index (χ4v) is 1.83. The fraction of sp³-hybridized carbons (Fsp3) is 0.333. The second-order valence-electron chi connectivity index (χ2n) is 4.44. The molecule has 0 bridgehead atoms. The van der Waals surface area contributed by atoms with Crippen LogP contribution >= 0.6 is 0 Å². The van der Waals surface area contributed by atoms with Crippen LogP contribution in [0.2, 0.25) is 0 Å². The molecule has 0 fully saturated rings. The van der Waals surface area contributed by atoms with E-state index in [1.54, 1.807) is 6.92 Å². The molecule has 1 aromatic rings. The summed E-state index contributed by atoms with van der Waals surface area (Å²) < 4.78 is 14.5. The zero-order valence-corrected chi connectivity index (χ0v) is 13.1. The molecular weight excluding hydrogens is 308 g/mol. The number of ketones is 1. The van der Waals surface area contributed by atoms with E-state index >= 15 is 0 Å². The van der Waals surface area contributed by atoms with Crippen LogP contribution in [0.5, 0.6) is 17.2 Å². The number of Topliss-reactive ketones (excluding diaryl/α,β-unsaturated/α-hetero) is 1. The van der Waals surface area contributed by atoms with Crippen LogP contribution in [0.15, 0.2) is 6.07 Å². The largest absolute Gasteiger partial charge is 0.504 e. The molecule has 0 heterocycles. The van der Waals surface area contributed by atoms with Crippen LogP contribution in [0.3, 0.4) is 0 Å². The second-order valence-corrected chi connectivity index (χ2v) is 4.44. The predicted octanol–water partition coefficient (Wildman–Crippen LogP) is 1.62. The number of rotatable bonds is 5. The SMILES string of the molecule is CCOC(=O)c1cc(O)c(OC(C)=O)c(OC(C)=O)c1C(C)=O. The normalized spacial score (nSPS) is 9.91. The Morgan fingerprint density at radius 3 is 1.96 bits per heavy atom. The van der Waals surface area contributed by atoms with Gasteiger partial charge >= 0.3 is 17.9 Å². The quantitative estimate of drug-likeness (QED) is 0.493. The van der Waals surface area contributed by atoms with E-state index < -0.39 is 40.9 Å². The molecule has 0 spiro atoms. The van der Waals surface area contributed by atoms with Crippen molar-refractivity contribution in [2.75, 3.05) is 6.61 Å². The molecule has 8 heteroatoms. The smallest absolute Gasteiger partial charge is 0.339 e. The van der Waals surface area contributed by atoms with Crippen molar-refractivity contribution in [2.24, 2.45) is 0 Å². The first-order valence-corrected chi connectivity index (χ1v) is 6.63. The summed E-state index contributed by atoms with van der Waals surface area (Å²) in [4.78, 5) is 46.3. The zero-order valence-electron chi connectivity index (χ0n) is 13.1. The number of benzene rings is 1. The van der Waals surface area contributed by atoms with Gasteiger partial charge < -0.3 is 19.3 Å². The van der Waals surface area contributed by atoms with Gasteiger partial charge in [-0.15, -0.1) is 0 Å². The molecule has 0 saturated heterocycles. The van der Waals surface area contributed by atoms with E-state index in [1.165, 1.54) is 0 Å². The lowest BCUT2D eigenvalue weighted by Crippen LogP contribution is -2.16. The summed E-state index contributed by atoms with van der Waals surface area (Å²) in [6.45, 7) is 4.83. The Morgan fingerprint density at radius 2 is 1.52 bits per heavy atom. The van der Waals surface area contributed by atoms with E-state index in [2.05, 4.69) is 0 Å². The van der Waals surface area contributed by atoms with E-state index in [4.69, 9.17) is 14.2 Å². The molecular formula is C15H16O8. The average molecular weight is 324 g/mol. The molecule has 0 aliphatic rings. The summed E-state index contributed by atoms with van der Waals surface area (Å²) in [7, 11) is 0. The minimum Gasteiger partial charge on any atom is -0.504 e. The third-order valence-electron chi connectivity index (χ3n) is 2.56. The highest BCUT2D eigenvalue weighted by Crippen LogP contribution is 2.42. The van der Waals surface area contributed by atoms with Crippen LogP contribution in [0.1, 0.15) is 48.4 Å². The van der Waals surface area contributed by atoms with Gasteiger partial charge in [0.05, 0.1) is 17.7 Å². The van der Waals surface area contributed by atoms with E-state index in [9.17, 15) is 24.3 Å². The highest BCUT2D eigenvalue weighted by atomic mass is 16.6. The maximum atomic E-state index is 12.0. The molecule has 1 N–H and O–H groups in total. The standard InChI is InChI=1S/C15H16O8/c1-5-21-15(20)10-6-11(19)13(22-8(3)17)14(23-9(4)18)12(10)7(2)16/h6,19H,5H2,1-4H3. The number of esters is 3. The van der Waals surface area contributed by atoms with Gasteiger partial charge in [-0.25, -0.2) is 4.79 Å². The minimum absolute atomic E-state index is 0.0333. The number of hydrogen-bond donors (Lipinski definition) is 1. The summed E-state index contributed by atoms with van der Waals surface area (Å²) in [5, 5.41) is 9.97. The Bertz CT molecular complexity index is 675. The van der Waals surface area contributed by atoms with Gasteiger partial charge in [0.25, 0.3) is 0 Å². The molecule has 1 rings (SSSR count). The lowest BCUT2D eigenvalue weighted by atomic mass is 10.0. The molecule has 0 amide bonds. The van der Waals surface area contributed by atoms with Crippen molar-refractivity contribution in [1.82, 2.24) is 0 Å². The van der Waals surface area contributed by atoms with Crippen LogP contribution < -0.4 is 9.47 Å². The van der Waals surface area contributed by atoms with Crippen molar-refractivity contribution in [3.05, 3.63) is 17.2 Å². The van der Waals surface area contributed by atoms with Crippen LogP contribution in [0.4, 0.5) is 0 Å². The Kier molecular flexibility index (Phi) is 5.83. The first-order valence-electron chi connectivity index (χ1n) is 6.63. The number of carbonyl (C=O) groups excluding carboxylic acids is 4. The lowest BCUT2D eigenvalue weighted by molar-refractivity contribution is -0.134. The van der Waals surface area contributed by atoms with Crippen LogP contribution in [-0.2, 0) is 14.3 Å². The molecule has 23 heavy (non-hydrogen) atoms. The van der Waals surface area contributed by atoms with Gasteiger partial charge in [-0.05, 0) is 19.9 Å². The topological polar surface area (TPSA) is 116 Å². The average Bonchev–Trinajstić information content (AvgIpc) is 2.41. The molecule has 0 saturated carbocycles. The van der Waals surface area contributed by atoms with Gasteiger partial charge in [-0.1, -0.05) is 0 Å². The van der Waals surface area contributed by atoms with Crippen molar-refractivity contribution in [1.29, 1.82) is 0 Å². The van der Waals surface area contributed by atoms with Crippen molar-refractivity contribution < 1.29 is 38.5 Å². The third kappa shape index (κ3) is 4.29. The Labute approximate surface area is 131 Å². The van der Waals surface area contributed by atoms with Crippen LogP contribution in [0, 0.1) is 0 Å². The molecule has 0 aromatic heterocycles. The molecule has 0 unspecified atom stereocenters. The van der Waals surface area contributed by atoms with Crippen molar-refractivity contribution in [2.45, 2.75) is 27.7 Å². The third-order valence-corrected chi connectivity index (χ3v) is 2.56. The van der Waals surface area contributed by atoms with E-state index in [0.29, 0.717) is 0 Å². The fourth-order valence-electron chi connectivity index (χ4n) is 1.83. The Hall–Kier alpha value is -2.90. The van der Waals surface area contributed by atoms with Gasteiger partial charge in [-0.2, -0.15) is 0 Å². The van der Waals surface area contributed by atoms with E-state index in [1.807, 2.05) is 0 Å². The number of ether oxygens (including phenoxy) is 3. The van der Waals surface area contributed by atoms with Crippen molar-refractivity contribution in [3.8, 4) is 17.2 Å². The first kappa shape index (κ1) is 18.1. The van der Waals surface area contributed by atoms with Gasteiger partial charge in [0.2, 0.25) is 5.75 Å².